The minimum atomic E-state index is -1.04. The molecule has 0 spiro atoms. The van der Waals surface area contributed by atoms with E-state index in [1.54, 1.807) is 6.07 Å². The molecule has 2 aliphatic rings. The highest BCUT2D eigenvalue weighted by atomic mass is 19.2. The van der Waals surface area contributed by atoms with Crippen LogP contribution in [0.1, 0.15) is 24.8 Å². The Balaban J connectivity index is 2.02. The molecular formula is C14H15F2NO. The van der Waals surface area contributed by atoms with E-state index in [9.17, 15) is 8.78 Å². The molecular weight excluding hydrogens is 236 g/mol. The van der Waals surface area contributed by atoms with Crippen molar-refractivity contribution in [3.63, 3.8) is 0 Å². The van der Waals surface area contributed by atoms with Gasteiger partial charge in [-0.1, -0.05) is 13.0 Å². The van der Waals surface area contributed by atoms with Crippen LogP contribution < -0.4 is 0 Å². The van der Waals surface area contributed by atoms with Gasteiger partial charge in [-0.2, -0.15) is 4.39 Å². The van der Waals surface area contributed by atoms with Crippen LogP contribution in [0.25, 0.3) is 0 Å². The maximum Gasteiger partial charge on any atom is 0.249 e. The quantitative estimate of drug-likeness (QED) is 0.595. The highest BCUT2D eigenvalue weighted by Gasteiger charge is 2.52. The fraction of sp³-hybridized carbons (Fsp3) is 0.500. The van der Waals surface area contributed by atoms with Crippen LogP contribution in [0, 0.1) is 23.6 Å². The lowest BCUT2D eigenvalue weighted by molar-refractivity contribution is 0.0843. The van der Waals surface area contributed by atoms with Gasteiger partial charge >= 0.3 is 0 Å². The molecule has 2 nitrogen and oxygen atoms in total. The lowest BCUT2D eigenvalue weighted by atomic mass is 9.72. The summed E-state index contributed by atoms with van der Waals surface area (Å²) >= 11 is 0. The van der Waals surface area contributed by atoms with Crippen LogP contribution >= 0.6 is 0 Å². The fourth-order valence-corrected chi connectivity index (χ4v) is 3.42. The van der Waals surface area contributed by atoms with Crippen molar-refractivity contribution in [2.75, 3.05) is 0 Å². The van der Waals surface area contributed by atoms with Crippen molar-refractivity contribution in [2.45, 2.75) is 31.5 Å². The van der Waals surface area contributed by atoms with Gasteiger partial charge in [0.2, 0.25) is 5.95 Å². The molecule has 3 heterocycles. The van der Waals surface area contributed by atoms with E-state index in [0.29, 0.717) is 11.5 Å². The smallest absolute Gasteiger partial charge is 0.249 e. The first kappa shape index (κ1) is 11.8. The molecule has 5 unspecified atom stereocenters. The van der Waals surface area contributed by atoms with Crippen molar-refractivity contribution < 1.29 is 13.5 Å². The zero-order valence-corrected chi connectivity index (χ0v) is 10.1. The van der Waals surface area contributed by atoms with E-state index in [4.69, 9.17) is 4.74 Å². The minimum Gasteiger partial charge on any atom is -0.373 e. The van der Waals surface area contributed by atoms with Crippen molar-refractivity contribution in [1.82, 2.24) is 4.98 Å². The maximum atomic E-state index is 13.9. The van der Waals surface area contributed by atoms with Crippen molar-refractivity contribution >= 4 is 0 Å². The Bertz CT molecular complexity index is 491. The number of rotatable bonds is 2. The van der Waals surface area contributed by atoms with Crippen molar-refractivity contribution in [3.05, 3.63) is 42.2 Å². The molecule has 2 aliphatic heterocycles. The van der Waals surface area contributed by atoms with Gasteiger partial charge in [0.05, 0.1) is 12.2 Å². The molecule has 2 fully saturated rings. The summed E-state index contributed by atoms with van der Waals surface area (Å²) in [6.07, 6.45) is 4.05. The summed E-state index contributed by atoms with van der Waals surface area (Å²) < 4.78 is 33.0. The normalized spacial score (nSPS) is 38.1. The van der Waals surface area contributed by atoms with Crippen molar-refractivity contribution in [2.24, 2.45) is 11.8 Å². The molecule has 1 aromatic heterocycles. The summed E-state index contributed by atoms with van der Waals surface area (Å²) in [6.45, 7) is 5.94. The molecule has 2 bridgehead atoms. The second-order valence-electron chi connectivity index (χ2n) is 5.20. The molecule has 2 saturated heterocycles. The number of hydrogen-bond acceptors (Lipinski definition) is 2. The third-order valence-corrected chi connectivity index (χ3v) is 4.20. The molecule has 0 saturated carbocycles. The van der Waals surface area contributed by atoms with Crippen molar-refractivity contribution in [1.29, 1.82) is 0 Å². The summed E-state index contributed by atoms with van der Waals surface area (Å²) in [5, 5.41) is 0. The molecule has 96 valence electrons. The average Bonchev–Trinajstić information content (AvgIpc) is 2.88. The third-order valence-electron chi connectivity index (χ3n) is 4.20. The van der Waals surface area contributed by atoms with Crippen LogP contribution in [-0.4, -0.2) is 17.2 Å². The van der Waals surface area contributed by atoms with Gasteiger partial charge in [0.1, 0.15) is 0 Å². The van der Waals surface area contributed by atoms with Crippen LogP contribution in [0.4, 0.5) is 8.78 Å². The van der Waals surface area contributed by atoms with Gasteiger partial charge in [0.15, 0.2) is 5.82 Å². The number of nitrogens with zero attached hydrogens (tertiary/aromatic N) is 1. The Labute approximate surface area is 105 Å². The molecule has 0 aromatic carbocycles. The van der Waals surface area contributed by atoms with E-state index < -0.39 is 11.8 Å². The Kier molecular flexibility index (Phi) is 2.70. The van der Waals surface area contributed by atoms with Gasteiger partial charge in [-0.3, -0.25) is 0 Å². The van der Waals surface area contributed by atoms with Gasteiger partial charge in [-0.25, -0.2) is 9.37 Å². The minimum absolute atomic E-state index is 0.0377. The van der Waals surface area contributed by atoms with E-state index in [-0.39, 0.29) is 24.0 Å². The number of hydrogen-bond donors (Lipinski definition) is 0. The lowest BCUT2D eigenvalue weighted by Crippen LogP contribution is -2.30. The summed E-state index contributed by atoms with van der Waals surface area (Å²) in [6, 6.07) is 1.55. The predicted molar refractivity (Wildman–Crippen MR) is 63.0 cm³/mol. The maximum absolute atomic E-state index is 13.9. The number of halogens is 2. The molecule has 0 N–H and O–H groups in total. The van der Waals surface area contributed by atoms with Crippen LogP contribution in [0.3, 0.4) is 0 Å². The SMILES string of the molecule is C=CC1C2OC(CC2C)C1c1ccnc(F)c1F. The Morgan fingerprint density at radius 3 is 3.00 bits per heavy atom. The first-order valence-electron chi connectivity index (χ1n) is 6.21. The van der Waals surface area contributed by atoms with E-state index in [2.05, 4.69) is 18.5 Å². The van der Waals surface area contributed by atoms with E-state index in [1.165, 1.54) is 6.20 Å². The number of aromatic nitrogens is 1. The summed E-state index contributed by atoms with van der Waals surface area (Å²) in [4.78, 5) is 3.33. The van der Waals surface area contributed by atoms with E-state index in [0.717, 1.165) is 6.42 Å². The number of fused-ring (bicyclic) bond motifs is 2. The molecule has 5 atom stereocenters. The Hall–Kier alpha value is -1.29. The molecule has 3 rings (SSSR count). The van der Waals surface area contributed by atoms with Crippen LogP contribution in [-0.2, 0) is 4.74 Å². The van der Waals surface area contributed by atoms with Crippen LogP contribution in [0.15, 0.2) is 24.9 Å². The highest BCUT2D eigenvalue weighted by Crippen LogP contribution is 2.52. The molecule has 0 amide bonds. The molecule has 0 radical (unpaired) electrons. The van der Waals surface area contributed by atoms with Gasteiger partial charge in [-0.05, 0) is 18.4 Å². The summed E-state index contributed by atoms with van der Waals surface area (Å²) in [7, 11) is 0. The number of ether oxygens (including phenoxy) is 1. The molecule has 4 heteroatoms. The highest BCUT2D eigenvalue weighted by molar-refractivity contribution is 5.27. The van der Waals surface area contributed by atoms with Gasteiger partial charge < -0.3 is 4.74 Å². The van der Waals surface area contributed by atoms with E-state index in [1.807, 2.05) is 6.08 Å². The first-order valence-corrected chi connectivity index (χ1v) is 6.21. The van der Waals surface area contributed by atoms with Gasteiger partial charge in [0.25, 0.3) is 0 Å². The number of pyridine rings is 1. The van der Waals surface area contributed by atoms with Crippen LogP contribution in [0.2, 0.25) is 0 Å². The second-order valence-corrected chi connectivity index (χ2v) is 5.20. The zero-order valence-electron chi connectivity index (χ0n) is 10.1. The Morgan fingerprint density at radius 1 is 1.50 bits per heavy atom. The van der Waals surface area contributed by atoms with Gasteiger partial charge in [-0.15, -0.1) is 6.58 Å². The lowest BCUT2D eigenvalue weighted by Gasteiger charge is -2.29. The summed E-state index contributed by atoms with van der Waals surface area (Å²) in [5.41, 5.74) is 0.367. The third kappa shape index (κ3) is 1.52. The zero-order chi connectivity index (χ0) is 12.9. The fourth-order valence-electron chi connectivity index (χ4n) is 3.42. The second kappa shape index (κ2) is 4.12. The topological polar surface area (TPSA) is 22.1 Å². The predicted octanol–water partition coefficient (Wildman–Crippen LogP) is 3.05. The average molecular weight is 251 g/mol. The Morgan fingerprint density at radius 2 is 2.28 bits per heavy atom. The molecule has 0 aliphatic carbocycles. The molecule has 1 aromatic rings. The first-order chi connectivity index (χ1) is 8.63. The van der Waals surface area contributed by atoms with Crippen LogP contribution in [0.5, 0.6) is 0 Å². The largest absolute Gasteiger partial charge is 0.373 e. The molecule has 18 heavy (non-hydrogen) atoms. The summed E-state index contributed by atoms with van der Waals surface area (Å²) in [5.74, 6) is -1.52. The monoisotopic (exact) mass is 251 g/mol. The van der Waals surface area contributed by atoms with Gasteiger partial charge in [0, 0.05) is 23.6 Å². The van der Waals surface area contributed by atoms with E-state index >= 15 is 0 Å². The van der Waals surface area contributed by atoms with Crippen molar-refractivity contribution in [3.8, 4) is 0 Å². The standard InChI is InChI=1S/C14H15F2NO/c1-3-8-11(10-6-7(2)13(8)18-10)9-4-5-17-14(16)12(9)15/h3-5,7-8,10-11,13H,1,6H2,2H3.